The van der Waals surface area contributed by atoms with Crippen LogP contribution < -0.4 is 0 Å². The monoisotopic (exact) mass is 325 g/mol. The number of hydrogen-bond donors (Lipinski definition) is 0. The zero-order valence-corrected chi connectivity index (χ0v) is 11.7. The molecule has 0 N–H and O–H groups in total. The Morgan fingerprint density at radius 3 is 2.70 bits per heavy atom. The summed E-state index contributed by atoms with van der Waals surface area (Å²) in [5, 5.41) is 0. The minimum atomic E-state index is -3.73. The molecule has 118 valence electrons. The van der Waals surface area contributed by atoms with Crippen LogP contribution >= 0.6 is 0 Å². The lowest BCUT2D eigenvalue weighted by molar-refractivity contribution is -0.128. The standard InChI is InChI=1S/C19H21N3O/c1-13-5-8-15(9-6-13)19-16(11-18(23)21(3)4)22-12-14(2)7-10-17(22)20-19/h5-10,12H,11H2,1-4H3/i1D3,3D3,4D3,5D,6D,7D,8D,9D,10D,11D2,12D. The summed E-state index contributed by atoms with van der Waals surface area (Å²) in [6, 6.07) is -5.55. The third kappa shape index (κ3) is 2.97. The van der Waals surface area contributed by atoms with Crippen molar-refractivity contribution in [3.05, 3.63) is 59.2 Å². The van der Waals surface area contributed by atoms with Gasteiger partial charge in [0.05, 0.1) is 27.4 Å². The third-order valence-electron chi connectivity index (χ3n) is 2.81. The maximum atomic E-state index is 13.4. The Hall–Kier alpha value is -2.62. The number of likely N-dealkylation sites (N-methyl/N-ethyl adjacent to an activating group) is 1. The van der Waals surface area contributed by atoms with Crippen LogP contribution in [0.15, 0.2) is 42.4 Å². The highest BCUT2D eigenvalue weighted by atomic mass is 16.2. The van der Waals surface area contributed by atoms with Crippen LogP contribution in [0.1, 0.15) is 41.5 Å². The van der Waals surface area contributed by atoms with Crippen LogP contribution in [0.4, 0.5) is 0 Å². The predicted molar refractivity (Wildman–Crippen MR) is 92.5 cm³/mol. The maximum Gasteiger partial charge on any atom is 0.228 e. The Kier molecular flexibility index (Phi) is 1.20. The zero-order chi connectivity index (χ0) is 31.9. The van der Waals surface area contributed by atoms with E-state index in [2.05, 4.69) is 4.98 Å². The lowest BCUT2D eigenvalue weighted by atomic mass is 10.1. The summed E-state index contributed by atoms with van der Waals surface area (Å²) < 4.78 is 144. The normalized spacial score (nSPS) is 24.6. The average Bonchev–Trinajstić information content (AvgIpc) is 3.18. The first-order valence-corrected chi connectivity index (χ1v) is 6.24. The number of imidazole rings is 1. The quantitative estimate of drug-likeness (QED) is 0.741. The van der Waals surface area contributed by atoms with Gasteiger partial charge >= 0.3 is 0 Å². The van der Waals surface area contributed by atoms with Crippen LogP contribution in [0.25, 0.3) is 16.9 Å². The molecule has 0 radical (unpaired) electrons. The van der Waals surface area contributed by atoms with Crippen LogP contribution in [-0.4, -0.2) is 34.1 Å². The second-order valence-electron chi connectivity index (χ2n) is 4.47. The van der Waals surface area contributed by atoms with Gasteiger partial charge in [-0.3, -0.25) is 4.79 Å². The molecule has 1 amide bonds. The number of nitrogens with zero attached hydrogens (tertiary/aromatic N) is 3. The highest BCUT2D eigenvalue weighted by Crippen LogP contribution is 2.26. The summed E-state index contributed by atoms with van der Waals surface area (Å²) in [7, 11) is 0. The fourth-order valence-corrected chi connectivity index (χ4v) is 1.84. The molecule has 2 aromatic heterocycles. The van der Waals surface area contributed by atoms with Crippen molar-refractivity contribution in [2.24, 2.45) is 0 Å². The summed E-state index contributed by atoms with van der Waals surface area (Å²) in [6.45, 7) is -9.35. The van der Waals surface area contributed by atoms with Crippen molar-refractivity contribution in [2.45, 2.75) is 20.1 Å². The number of hydrogen-bond acceptors (Lipinski definition) is 2. The Labute approximate surface area is 161 Å². The molecule has 0 aliphatic carbocycles. The van der Waals surface area contributed by atoms with Crippen LogP contribution in [0.5, 0.6) is 0 Å². The highest BCUT2D eigenvalue weighted by molar-refractivity contribution is 5.81. The van der Waals surface area contributed by atoms with Gasteiger partial charge < -0.3 is 9.30 Å². The van der Waals surface area contributed by atoms with Gasteiger partial charge in [0.15, 0.2) is 0 Å². The minimum Gasteiger partial charge on any atom is -0.348 e. The predicted octanol–water partition coefficient (Wildman–Crippen LogP) is 3.25. The number of carbonyl (C=O) groups excluding carboxylic acids is 1. The Balaban J connectivity index is 2.63. The van der Waals surface area contributed by atoms with Gasteiger partial charge in [0.1, 0.15) is 5.65 Å². The molecular weight excluding hydrogens is 286 g/mol. The van der Waals surface area contributed by atoms with E-state index in [0.29, 0.717) is 4.40 Å². The molecule has 0 unspecified atom stereocenters. The Morgan fingerprint density at radius 2 is 2.00 bits per heavy atom. The lowest BCUT2D eigenvalue weighted by Gasteiger charge is -2.11. The molecule has 0 fully saturated rings. The molecule has 1 aromatic carbocycles. The highest BCUT2D eigenvalue weighted by Gasteiger charge is 2.18. The average molecular weight is 326 g/mol. The molecule has 2 heterocycles. The van der Waals surface area contributed by atoms with E-state index in [1.807, 2.05) is 0 Å². The van der Waals surface area contributed by atoms with Gasteiger partial charge in [0.2, 0.25) is 5.91 Å². The molecule has 0 bridgehead atoms. The van der Waals surface area contributed by atoms with Crippen molar-refractivity contribution < 1.29 is 29.5 Å². The summed E-state index contributed by atoms with van der Waals surface area (Å²) >= 11 is 0. The van der Waals surface area contributed by atoms with E-state index in [-0.39, 0.29) is 5.56 Å². The van der Waals surface area contributed by atoms with E-state index in [9.17, 15) is 4.79 Å². The molecule has 0 saturated heterocycles. The summed E-state index contributed by atoms with van der Waals surface area (Å²) in [4.78, 5) is 16.7. The van der Waals surface area contributed by atoms with E-state index in [0.717, 1.165) is 0 Å². The zero-order valence-electron chi connectivity index (χ0n) is 29.7. The topological polar surface area (TPSA) is 37.6 Å². The van der Waals surface area contributed by atoms with E-state index in [1.165, 1.54) is 6.92 Å². The van der Waals surface area contributed by atoms with E-state index in [1.54, 1.807) is 0 Å². The molecule has 0 aliphatic rings. The fourth-order valence-electron chi connectivity index (χ4n) is 1.84. The second-order valence-corrected chi connectivity index (χ2v) is 4.47. The molecule has 4 heteroatoms. The van der Waals surface area contributed by atoms with E-state index < -0.39 is 109 Å². The third-order valence-corrected chi connectivity index (χ3v) is 2.81. The molecule has 23 heavy (non-hydrogen) atoms. The maximum absolute atomic E-state index is 13.4. The Morgan fingerprint density at radius 1 is 1.26 bits per heavy atom. The van der Waals surface area contributed by atoms with Crippen molar-refractivity contribution in [1.82, 2.24) is 14.3 Å². The molecule has 0 aliphatic heterocycles. The summed E-state index contributed by atoms with van der Waals surface area (Å²) in [5.41, 5.74) is -4.83. The smallest absolute Gasteiger partial charge is 0.228 e. The van der Waals surface area contributed by atoms with Crippen LogP contribution in [0, 0.1) is 13.8 Å². The molecule has 0 spiro atoms. The first-order chi connectivity index (χ1) is 18.3. The molecular formula is C19H21N3O. The van der Waals surface area contributed by atoms with Gasteiger partial charge in [0.25, 0.3) is 0 Å². The first-order valence-electron chi connectivity index (χ1n) is 15.2. The van der Waals surface area contributed by atoms with Crippen molar-refractivity contribution in [3.63, 3.8) is 0 Å². The fraction of sp³-hybridized carbons (Fsp3) is 0.263. The number of rotatable bonds is 3. The van der Waals surface area contributed by atoms with Gasteiger partial charge in [-0.2, -0.15) is 0 Å². The van der Waals surface area contributed by atoms with Crippen LogP contribution in [-0.2, 0) is 11.2 Å². The summed E-state index contributed by atoms with van der Waals surface area (Å²) in [6.07, 6.45) is -4.48. The molecule has 0 atom stereocenters. The SMILES string of the molecule is [2H]c1c([2H])c(C([2H])([2H])[2H])c([2H])c([2H])c1-c1nc2c([2H])c([2H])c(C)c([2H])n2c1C([2H])([2H])C(=O)N(C([2H])([2H])[2H])C([2H])([2H])[2H]. The number of amides is 1. The summed E-state index contributed by atoms with van der Waals surface area (Å²) in [5.74, 6) is -2.17. The van der Waals surface area contributed by atoms with Crippen molar-refractivity contribution >= 4 is 11.6 Å². The van der Waals surface area contributed by atoms with E-state index >= 15 is 0 Å². The molecule has 3 rings (SSSR count). The number of benzene rings is 1. The second kappa shape index (κ2) is 5.88. The number of pyridine rings is 1. The Bertz CT molecular complexity index is 1540. The van der Waals surface area contributed by atoms with E-state index in [4.69, 9.17) is 24.7 Å². The lowest BCUT2D eigenvalue weighted by Crippen LogP contribution is -2.24. The van der Waals surface area contributed by atoms with Crippen LogP contribution in [0.2, 0.25) is 0 Å². The first kappa shape index (κ1) is 4.69. The largest absolute Gasteiger partial charge is 0.348 e. The molecule has 3 aromatic rings. The molecule has 4 nitrogen and oxygen atoms in total. The molecule has 0 saturated carbocycles. The number of aromatic nitrogens is 2. The van der Waals surface area contributed by atoms with Crippen molar-refractivity contribution in [3.8, 4) is 11.3 Å². The van der Waals surface area contributed by atoms with Gasteiger partial charge in [0, 0.05) is 40.8 Å². The van der Waals surface area contributed by atoms with Crippen LogP contribution in [0.3, 0.4) is 0 Å². The van der Waals surface area contributed by atoms with Gasteiger partial charge in [-0.15, -0.1) is 0 Å². The van der Waals surface area contributed by atoms with Crippen molar-refractivity contribution in [1.29, 1.82) is 0 Å². The van der Waals surface area contributed by atoms with Crippen molar-refractivity contribution in [2.75, 3.05) is 14.0 Å². The number of fused-ring (bicyclic) bond motifs is 1. The number of carbonyl (C=O) groups is 1. The minimum absolute atomic E-state index is 0.239. The van der Waals surface area contributed by atoms with Gasteiger partial charge in [-0.1, -0.05) is 35.8 Å². The van der Waals surface area contributed by atoms with Gasteiger partial charge in [-0.25, -0.2) is 4.98 Å². The van der Waals surface area contributed by atoms with Gasteiger partial charge in [-0.05, 0) is 25.4 Å².